The molecule has 1 saturated heterocycles. The molecule has 1 N–H and O–H groups in total. The summed E-state index contributed by atoms with van der Waals surface area (Å²) in [7, 11) is 0. The highest BCUT2D eigenvalue weighted by Gasteiger charge is 2.56. The number of amides is 4. The second-order valence-electron chi connectivity index (χ2n) is 6.10. The van der Waals surface area contributed by atoms with Gasteiger partial charge in [0.1, 0.15) is 11.0 Å². The van der Waals surface area contributed by atoms with Crippen LogP contribution in [0.1, 0.15) is 52.4 Å². The van der Waals surface area contributed by atoms with Crippen LogP contribution in [0.4, 0.5) is 4.79 Å². The van der Waals surface area contributed by atoms with E-state index >= 15 is 0 Å². The van der Waals surface area contributed by atoms with Gasteiger partial charge < -0.3 is 0 Å². The van der Waals surface area contributed by atoms with Crippen molar-refractivity contribution in [1.82, 2.24) is 10.2 Å². The highest BCUT2D eigenvalue weighted by molar-refractivity contribution is 6.19. The Kier molecular flexibility index (Phi) is 3.59. The fraction of sp³-hybridized carbons (Fsp3) is 0.667. The van der Waals surface area contributed by atoms with E-state index in [1.54, 1.807) is 13.8 Å². The molecule has 1 spiro atoms. The van der Waals surface area contributed by atoms with Gasteiger partial charge in [-0.05, 0) is 26.7 Å². The summed E-state index contributed by atoms with van der Waals surface area (Å²) in [5.74, 6) is 1.56. The van der Waals surface area contributed by atoms with E-state index < -0.39 is 28.8 Å². The number of urea groups is 1. The van der Waals surface area contributed by atoms with Crippen LogP contribution in [0.25, 0.3) is 0 Å². The lowest BCUT2D eigenvalue weighted by atomic mass is 9.76. The summed E-state index contributed by atoms with van der Waals surface area (Å²) in [5, 5.41) is 2.32. The first-order chi connectivity index (χ1) is 9.35. The fourth-order valence-corrected chi connectivity index (χ4v) is 3.02. The smallest absolute Gasteiger partial charge is 0.277 e. The van der Waals surface area contributed by atoms with Gasteiger partial charge in [-0.25, -0.2) is 9.69 Å². The minimum absolute atomic E-state index is 0.434. The van der Waals surface area contributed by atoms with Gasteiger partial charge in [0.25, 0.3) is 0 Å². The highest BCUT2D eigenvalue weighted by atomic mass is 16.2. The molecule has 20 heavy (non-hydrogen) atoms. The number of hydrogen-bond acceptors (Lipinski definition) is 3. The topological polar surface area (TPSA) is 66.5 Å². The first-order valence-corrected chi connectivity index (χ1v) is 7.03. The summed E-state index contributed by atoms with van der Waals surface area (Å²) in [6.45, 7) is 3.26. The van der Waals surface area contributed by atoms with Crippen molar-refractivity contribution in [2.24, 2.45) is 5.41 Å². The van der Waals surface area contributed by atoms with Crippen LogP contribution in [-0.2, 0) is 9.59 Å². The zero-order valence-electron chi connectivity index (χ0n) is 12.0. The number of hydrogen-bond donors (Lipinski definition) is 1. The maximum absolute atomic E-state index is 12.8. The minimum atomic E-state index is -1.11. The Balaban J connectivity index is 2.43. The van der Waals surface area contributed by atoms with Gasteiger partial charge in [0.05, 0.1) is 0 Å². The Morgan fingerprint density at radius 2 is 1.70 bits per heavy atom. The first-order valence-electron chi connectivity index (χ1n) is 7.03. The molecule has 1 saturated carbocycles. The molecule has 0 aromatic rings. The number of terminal acetylenes is 1. The number of carbonyl (C=O) groups is 3. The summed E-state index contributed by atoms with van der Waals surface area (Å²) >= 11 is 0. The molecule has 1 aliphatic carbocycles. The Morgan fingerprint density at radius 3 is 2.20 bits per heavy atom. The van der Waals surface area contributed by atoms with E-state index in [0.717, 1.165) is 30.6 Å². The molecular formula is C15H20N2O3. The van der Waals surface area contributed by atoms with Crippen LogP contribution in [0.2, 0.25) is 0 Å². The lowest BCUT2D eigenvalue weighted by molar-refractivity contribution is -0.154. The SMILES string of the molecule is C#CC(C)(C)N1C(=O)NC(=O)C2(CCCCCC2)C1=O. The van der Waals surface area contributed by atoms with Gasteiger partial charge in [0.2, 0.25) is 11.8 Å². The number of barbiturate groups is 1. The molecule has 108 valence electrons. The zero-order valence-corrected chi connectivity index (χ0v) is 12.0. The van der Waals surface area contributed by atoms with Crippen LogP contribution >= 0.6 is 0 Å². The predicted molar refractivity (Wildman–Crippen MR) is 73.4 cm³/mol. The quantitative estimate of drug-likeness (QED) is 0.587. The largest absolute Gasteiger partial charge is 0.332 e. The van der Waals surface area contributed by atoms with Crippen LogP contribution < -0.4 is 5.32 Å². The zero-order chi connectivity index (χ0) is 15.0. The van der Waals surface area contributed by atoms with Crippen LogP contribution in [0.5, 0.6) is 0 Å². The van der Waals surface area contributed by atoms with Gasteiger partial charge in [-0.15, -0.1) is 6.42 Å². The molecule has 0 bridgehead atoms. The average Bonchev–Trinajstić information content (AvgIpc) is 2.63. The van der Waals surface area contributed by atoms with Crippen LogP contribution in [0.3, 0.4) is 0 Å². The van der Waals surface area contributed by atoms with Crippen molar-refractivity contribution in [1.29, 1.82) is 0 Å². The second-order valence-corrected chi connectivity index (χ2v) is 6.10. The molecule has 2 aliphatic rings. The van der Waals surface area contributed by atoms with E-state index in [4.69, 9.17) is 6.42 Å². The number of imide groups is 2. The van der Waals surface area contributed by atoms with Crippen molar-refractivity contribution in [2.45, 2.75) is 57.9 Å². The van der Waals surface area contributed by atoms with Crippen molar-refractivity contribution in [2.75, 3.05) is 0 Å². The lowest BCUT2D eigenvalue weighted by Crippen LogP contribution is -2.68. The maximum atomic E-state index is 12.8. The highest BCUT2D eigenvalue weighted by Crippen LogP contribution is 2.40. The van der Waals surface area contributed by atoms with Crippen molar-refractivity contribution in [3.63, 3.8) is 0 Å². The van der Waals surface area contributed by atoms with Gasteiger partial charge >= 0.3 is 6.03 Å². The van der Waals surface area contributed by atoms with Crippen LogP contribution in [-0.4, -0.2) is 28.3 Å². The molecule has 0 radical (unpaired) electrons. The fourth-order valence-electron chi connectivity index (χ4n) is 3.02. The molecule has 4 amide bonds. The number of rotatable bonds is 1. The van der Waals surface area contributed by atoms with E-state index in [1.807, 2.05) is 0 Å². The Morgan fingerprint density at radius 1 is 1.15 bits per heavy atom. The maximum Gasteiger partial charge on any atom is 0.332 e. The minimum Gasteiger partial charge on any atom is -0.277 e. The summed E-state index contributed by atoms with van der Waals surface area (Å²) in [4.78, 5) is 38.2. The Bertz CT molecular complexity index is 494. The number of nitrogens with zero attached hydrogens (tertiary/aromatic N) is 1. The van der Waals surface area contributed by atoms with E-state index in [9.17, 15) is 14.4 Å². The van der Waals surface area contributed by atoms with E-state index in [1.165, 1.54) is 0 Å². The normalized spacial score (nSPS) is 23.2. The van der Waals surface area contributed by atoms with Crippen LogP contribution in [0, 0.1) is 17.8 Å². The summed E-state index contributed by atoms with van der Waals surface area (Å²) in [6, 6.07) is -0.710. The van der Waals surface area contributed by atoms with Crippen molar-refractivity contribution < 1.29 is 14.4 Å². The predicted octanol–water partition coefficient (Wildman–Crippen LogP) is 1.82. The lowest BCUT2D eigenvalue weighted by Gasteiger charge is -2.43. The molecule has 0 unspecified atom stereocenters. The molecule has 1 aliphatic heterocycles. The van der Waals surface area contributed by atoms with Crippen LogP contribution in [0.15, 0.2) is 0 Å². The molecule has 0 atom stereocenters. The molecule has 5 heteroatoms. The molecule has 0 aromatic carbocycles. The third-order valence-corrected chi connectivity index (χ3v) is 4.34. The molecule has 1 heterocycles. The van der Waals surface area contributed by atoms with Crippen molar-refractivity contribution in [3.05, 3.63) is 0 Å². The summed E-state index contributed by atoms with van der Waals surface area (Å²) in [5.41, 5.74) is -2.15. The number of carbonyl (C=O) groups excluding carboxylic acids is 3. The van der Waals surface area contributed by atoms with Crippen molar-refractivity contribution >= 4 is 17.8 Å². The molecule has 2 fully saturated rings. The molecule has 2 rings (SSSR count). The standard InChI is InChI=1S/C15H20N2O3/c1-4-14(2,3)17-12(19)15(11(18)16-13(17)20)9-7-5-6-8-10-15/h1H,5-10H2,2-3H3,(H,16,18,20). The third-order valence-electron chi connectivity index (χ3n) is 4.34. The van der Waals surface area contributed by atoms with Gasteiger partial charge in [-0.1, -0.05) is 31.6 Å². The monoisotopic (exact) mass is 276 g/mol. The summed E-state index contributed by atoms with van der Waals surface area (Å²) in [6.07, 6.45) is 10.1. The average molecular weight is 276 g/mol. The Labute approximate surface area is 119 Å². The van der Waals surface area contributed by atoms with Crippen molar-refractivity contribution in [3.8, 4) is 12.3 Å². The van der Waals surface area contributed by atoms with Gasteiger partial charge in [-0.2, -0.15) is 0 Å². The van der Waals surface area contributed by atoms with Gasteiger partial charge in [-0.3, -0.25) is 14.9 Å². The second kappa shape index (κ2) is 4.93. The first kappa shape index (κ1) is 14.6. The van der Waals surface area contributed by atoms with E-state index in [0.29, 0.717) is 12.8 Å². The Hall–Kier alpha value is -1.83. The molecule has 5 nitrogen and oxygen atoms in total. The molecule has 0 aromatic heterocycles. The van der Waals surface area contributed by atoms with E-state index in [-0.39, 0.29) is 0 Å². The third kappa shape index (κ3) is 2.09. The number of nitrogens with one attached hydrogen (secondary N) is 1. The molecular weight excluding hydrogens is 256 g/mol. The summed E-state index contributed by atoms with van der Waals surface area (Å²) < 4.78 is 0. The van der Waals surface area contributed by atoms with Gasteiger partial charge in [0, 0.05) is 0 Å². The van der Waals surface area contributed by atoms with Gasteiger partial charge in [0.15, 0.2) is 0 Å². The van der Waals surface area contributed by atoms with E-state index in [2.05, 4.69) is 11.2 Å².